The van der Waals surface area contributed by atoms with Crippen LogP contribution in [0.1, 0.15) is 65.2 Å². The Hall–Kier alpha value is -3.26. The molecule has 4 amide bonds. The van der Waals surface area contributed by atoms with Crippen LogP contribution in [-0.2, 0) is 33.5 Å². The van der Waals surface area contributed by atoms with Crippen molar-refractivity contribution in [1.82, 2.24) is 20.9 Å². The molecule has 0 aromatic heterocycles. The Labute approximate surface area is 228 Å². The molecule has 39 heavy (non-hydrogen) atoms. The number of nitrogens with zero attached hydrogens (tertiary/aromatic N) is 1. The van der Waals surface area contributed by atoms with E-state index in [2.05, 4.69) is 16.0 Å². The summed E-state index contributed by atoms with van der Waals surface area (Å²) >= 11 is 0. The van der Waals surface area contributed by atoms with Crippen molar-refractivity contribution >= 4 is 35.6 Å². The van der Waals surface area contributed by atoms with Gasteiger partial charge in [-0.15, -0.1) is 0 Å². The molecular formula is C25H43N5O9. The van der Waals surface area contributed by atoms with Gasteiger partial charge in [0.2, 0.25) is 23.6 Å². The first-order chi connectivity index (χ1) is 18.3. The van der Waals surface area contributed by atoms with Crippen molar-refractivity contribution in [3.05, 3.63) is 0 Å². The number of carboxylic acids is 2. The van der Waals surface area contributed by atoms with Crippen LogP contribution < -0.4 is 21.7 Å². The third kappa shape index (κ3) is 11.6. The zero-order valence-corrected chi connectivity index (χ0v) is 23.1. The summed E-state index contributed by atoms with van der Waals surface area (Å²) in [7, 11) is 3.06. The second-order valence-electron chi connectivity index (χ2n) is 10.1. The van der Waals surface area contributed by atoms with Gasteiger partial charge < -0.3 is 41.5 Å². The van der Waals surface area contributed by atoms with E-state index >= 15 is 0 Å². The van der Waals surface area contributed by atoms with Crippen LogP contribution in [0.2, 0.25) is 0 Å². The Morgan fingerprint density at radius 1 is 1.00 bits per heavy atom. The Balaban J connectivity index is 3.15. The highest BCUT2D eigenvalue weighted by molar-refractivity contribution is 5.91. The first-order valence-corrected chi connectivity index (χ1v) is 13.1. The highest BCUT2D eigenvalue weighted by Gasteiger charge is 2.39. The number of likely N-dealkylation sites (N-methyl/N-ethyl adjacent to an activating group) is 1. The Morgan fingerprint density at radius 2 is 1.64 bits per heavy atom. The van der Waals surface area contributed by atoms with Crippen LogP contribution in [0.3, 0.4) is 0 Å². The monoisotopic (exact) mass is 557 g/mol. The van der Waals surface area contributed by atoms with Crippen molar-refractivity contribution in [3.63, 3.8) is 0 Å². The number of carbonyl (C=O) groups is 6. The molecule has 7 N–H and O–H groups in total. The molecule has 0 aromatic carbocycles. The van der Waals surface area contributed by atoms with E-state index in [9.17, 15) is 39.0 Å². The van der Waals surface area contributed by atoms with Crippen molar-refractivity contribution in [2.45, 2.75) is 95.5 Å². The lowest BCUT2D eigenvalue weighted by atomic mass is 9.93. The molecule has 14 heteroatoms. The van der Waals surface area contributed by atoms with E-state index in [1.807, 2.05) is 13.8 Å². The maximum Gasteiger partial charge on any atom is 0.326 e. The van der Waals surface area contributed by atoms with Gasteiger partial charge in [0, 0.05) is 32.9 Å². The van der Waals surface area contributed by atoms with Gasteiger partial charge in [-0.25, -0.2) is 4.79 Å². The number of methoxy groups -OCH3 is 1. The lowest BCUT2D eigenvalue weighted by molar-refractivity contribution is -0.148. The highest BCUT2D eigenvalue weighted by Crippen LogP contribution is 2.24. The fraction of sp³-hybridized carbons (Fsp3) is 0.760. The van der Waals surface area contributed by atoms with Crippen LogP contribution in [0.25, 0.3) is 0 Å². The fourth-order valence-electron chi connectivity index (χ4n) is 4.62. The first kappa shape index (κ1) is 33.8. The van der Waals surface area contributed by atoms with Crippen molar-refractivity contribution in [3.8, 4) is 0 Å². The van der Waals surface area contributed by atoms with Crippen LogP contribution >= 0.6 is 0 Å². The van der Waals surface area contributed by atoms with Crippen molar-refractivity contribution in [2.75, 3.05) is 20.7 Å². The van der Waals surface area contributed by atoms with Gasteiger partial charge in [-0.1, -0.05) is 13.8 Å². The molecular weight excluding hydrogens is 514 g/mol. The third-order valence-electron chi connectivity index (χ3n) is 6.64. The van der Waals surface area contributed by atoms with E-state index in [0.29, 0.717) is 19.3 Å². The quantitative estimate of drug-likeness (QED) is 0.131. The number of nitrogens with one attached hydrogen (secondary N) is 3. The molecule has 0 bridgehead atoms. The maximum absolute atomic E-state index is 13.7. The van der Waals surface area contributed by atoms with Crippen molar-refractivity contribution < 1.29 is 43.7 Å². The van der Waals surface area contributed by atoms with E-state index in [0.717, 1.165) is 0 Å². The Kier molecular flexibility index (Phi) is 14.4. The molecule has 0 saturated carbocycles. The number of hydrogen-bond donors (Lipinski definition) is 6. The van der Waals surface area contributed by atoms with E-state index in [-0.39, 0.29) is 44.6 Å². The van der Waals surface area contributed by atoms with Crippen LogP contribution in [0.4, 0.5) is 0 Å². The number of piperidine rings is 1. The average molecular weight is 558 g/mol. The minimum absolute atomic E-state index is 0.153. The normalized spacial score (nSPS) is 19.6. The number of aliphatic carboxylic acids is 2. The molecule has 5 atom stereocenters. The molecule has 1 fully saturated rings. The van der Waals surface area contributed by atoms with Gasteiger partial charge in [-0.2, -0.15) is 0 Å². The number of carboxylic acid groups (broad SMARTS) is 2. The summed E-state index contributed by atoms with van der Waals surface area (Å²) in [6.45, 7) is 4.13. The van der Waals surface area contributed by atoms with E-state index < -0.39 is 65.8 Å². The van der Waals surface area contributed by atoms with Gasteiger partial charge in [0.25, 0.3) is 0 Å². The lowest BCUT2D eigenvalue weighted by Crippen LogP contribution is -2.60. The van der Waals surface area contributed by atoms with Crippen LogP contribution in [0, 0.1) is 5.92 Å². The van der Waals surface area contributed by atoms with Gasteiger partial charge in [-0.05, 0) is 45.1 Å². The molecule has 222 valence electrons. The standard InChI is InChI=1S/C25H43N5O9/c1-14(2)12-17(27-3)23(35)29-15(8-10-22(33)34)24(36)30-11-5-6-19(39-4)18(30)13-21(32)28-16(25(37)38)7-9-20(26)31/h14-19,27H,5-13H2,1-4H3,(H2,26,31)(H,28,32)(H,29,35)(H,33,34)(H,37,38)/t15-,16-,17+,18-,19-/m0/s1. The van der Waals surface area contributed by atoms with Gasteiger partial charge in [0.1, 0.15) is 12.1 Å². The molecule has 1 aliphatic heterocycles. The SMILES string of the molecule is CN[C@H](CC(C)C)C(=O)N[C@@H](CCC(=O)O)C(=O)N1CCC[C@H](OC)[C@@H]1CC(=O)N[C@@H](CCC(N)=O)C(=O)O. The number of carbonyl (C=O) groups excluding carboxylic acids is 4. The zero-order valence-electron chi connectivity index (χ0n) is 23.1. The number of likely N-dealkylation sites (tertiary alicyclic amines) is 1. The number of primary amides is 1. The summed E-state index contributed by atoms with van der Waals surface area (Å²) in [5, 5.41) is 26.6. The molecule has 1 rings (SSSR count). The molecule has 1 saturated heterocycles. The van der Waals surface area contributed by atoms with Crippen LogP contribution in [0.5, 0.6) is 0 Å². The van der Waals surface area contributed by atoms with Gasteiger partial charge in [0.15, 0.2) is 0 Å². The number of hydrogen-bond acceptors (Lipinski definition) is 8. The minimum atomic E-state index is -1.35. The summed E-state index contributed by atoms with van der Waals surface area (Å²) in [4.78, 5) is 74.8. The molecule has 0 aliphatic carbocycles. The summed E-state index contributed by atoms with van der Waals surface area (Å²) < 4.78 is 5.53. The van der Waals surface area contributed by atoms with E-state index in [1.54, 1.807) is 7.05 Å². The van der Waals surface area contributed by atoms with Crippen LogP contribution in [0.15, 0.2) is 0 Å². The average Bonchev–Trinajstić information content (AvgIpc) is 2.86. The Morgan fingerprint density at radius 3 is 2.15 bits per heavy atom. The summed E-state index contributed by atoms with van der Waals surface area (Å²) in [5.74, 6) is -4.64. The van der Waals surface area contributed by atoms with E-state index in [4.69, 9.17) is 10.5 Å². The van der Waals surface area contributed by atoms with Crippen molar-refractivity contribution in [1.29, 1.82) is 0 Å². The van der Waals surface area contributed by atoms with Crippen LogP contribution in [-0.4, -0.2) is 102 Å². The minimum Gasteiger partial charge on any atom is -0.481 e. The number of rotatable bonds is 17. The van der Waals surface area contributed by atoms with Gasteiger partial charge in [-0.3, -0.25) is 24.0 Å². The smallest absolute Gasteiger partial charge is 0.326 e. The molecule has 0 radical (unpaired) electrons. The van der Waals surface area contributed by atoms with E-state index in [1.165, 1.54) is 12.0 Å². The second-order valence-corrected chi connectivity index (χ2v) is 10.1. The van der Waals surface area contributed by atoms with Crippen molar-refractivity contribution in [2.24, 2.45) is 11.7 Å². The number of amides is 4. The predicted octanol–water partition coefficient (Wildman–Crippen LogP) is -0.799. The summed E-state index contributed by atoms with van der Waals surface area (Å²) in [6, 6.07) is -3.88. The summed E-state index contributed by atoms with van der Waals surface area (Å²) in [6.07, 6.45) is -0.209. The fourth-order valence-corrected chi connectivity index (χ4v) is 4.62. The molecule has 0 aromatic rings. The zero-order chi connectivity index (χ0) is 29.7. The highest BCUT2D eigenvalue weighted by atomic mass is 16.5. The number of nitrogens with two attached hydrogens (primary N) is 1. The predicted molar refractivity (Wildman–Crippen MR) is 139 cm³/mol. The molecule has 0 unspecified atom stereocenters. The first-order valence-electron chi connectivity index (χ1n) is 13.1. The molecule has 1 aliphatic rings. The molecule has 1 heterocycles. The lowest BCUT2D eigenvalue weighted by Gasteiger charge is -2.42. The topological polar surface area (TPSA) is 217 Å². The largest absolute Gasteiger partial charge is 0.481 e. The molecule has 14 nitrogen and oxygen atoms in total. The number of ether oxygens (including phenoxy) is 1. The van der Waals surface area contributed by atoms with Gasteiger partial charge >= 0.3 is 11.9 Å². The third-order valence-corrected chi connectivity index (χ3v) is 6.64. The Bertz CT molecular complexity index is 882. The maximum atomic E-state index is 13.7. The summed E-state index contributed by atoms with van der Waals surface area (Å²) in [5.41, 5.74) is 5.09. The van der Waals surface area contributed by atoms with Gasteiger partial charge in [0.05, 0.1) is 18.2 Å². The molecule has 0 spiro atoms. The second kappa shape index (κ2) is 16.6.